The van der Waals surface area contributed by atoms with E-state index >= 15 is 0 Å². The van der Waals surface area contributed by atoms with E-state index in [1.807, 2.05) is 32.9 Å². The molecule has 2 aromatic carbocycles. The molecule has 0 aliphatic carbocycles. The second-order valence-electron chi connectivity index (χ2n) is 7.48. The van der Waals surface area contributed by atoms with Gasteiger partial charge in [-0.05, 0) is 37.7 Å². The van der Waals surface area contributed by atoms with Crippen LogP contribution in [0.3, 0.4) is 0 Å². The van der Waals surface area contributed by atoms with Gasteiger partial charge in [-0.1, -0.05) is 55.8 Å². The zero-order valence-corrected chi connectivity index (χ0v) is 17.6. The lowest BCUT2D eigenvalue weighted by atomic mass is 9.95. The number of likely N-dealkylation sites (N-methyl/N-ethyl adjacent to an activating group) is 1. The second kappa shape index (κ2) is 9.13. The highest BCUT2D eigenvalue weighted by molar-refractivity contribution is 6.46. The number of nitrogens with zero attached hydrogens (tertiary/aromatic N) is 2. The van der Waals surface area contributed by atoms with Gasteiger partial charge in [0, 0.05) is 18.7 Å². The number of hydrogen-bond acceptors (Lipinski definition) is 5. The molecule has 30 heavy (non-hydrogen) atoms. The molecule has 2 aromatic rings. The van der Waals surface area contributed by atoms with Gasteiger partial charge in [-0.15, -0.1) is 0 Å². The maximum absolute atomic E-state index is 13.0. The van der Waals surface area contributed by atoms with E-state index in [9.17, 15) is 19.8 Å². The number of carbonyl (C=O) groups is 2. The molecular formula is C24H28N2O4. The first kappa shape index (κ1) is 21.6. The number of amides is 1. The van der Waals surface area contributed by atoms with Crippen molar-refractivity contribution < 1.29 is 19.8 Å². The summed E-state index contributed by atoms with van der Waals surface area (Å²) in [6, 6.07) is 12.9. The number of aromatic hydroxyl groups is 1. The van der Waals surface area contributed by atoms with Gasteiger partial charge in [0.05, 0.1) is 11.6 Å². The van der Waals surface area contributed by atoms with Crippen molar-refractivity contribution in [3.8, 4) is 5.75 Å². The number of aliphatic hydroxyl groups is 1. The van der Waals surface area contributed by atoms with Crippen molar-refractivity contribution in [2.24, 2.45) is 0 Å². The van der Waals surface area contributed by atoms with E-state index in [-0.39, 0.29) is 17.1 Å². The zero-order valence-electron chi connectivity index (χ0n) is 17.6. The van der Waals surface area contributed by atoms with Crippen LogP contribution in [0.5, 0.6) is 5.75 Å². The summed E-state index contributed by atoms with van der Waals surface area (Å²) in [5, 5.41) is 21.0. The summed E-state index contributed by atoms with van der Waals surface area (Å²) < 4.78 is 0. The van der Waals surface area contributed by atoms with Crippen LogP contribution in [0.2, 0.25) is 0 Å². The van der Waals surface area contributed by atoms with E-state index in [1.165, 1.54) is 17.0 Å². The van der Waals surface area contributed by atoms with Crippen molar-refractivity contribution in [2.75, 3.05) is 26.2 Å². The van der Waals surface area contributed by atoms with Gasteiger partial charge in [-0.2, -0.15) is 0 Å². The van der Waals surface area contributed by atoms with Crippen LogP contribution >= 0.6 is 0 Å². The molecule has 6 nitrogen and oxygen atoms in total. The van der Waals surface area contributed by atoms with Gasteiger partial charge in [0.2, 0.25) is 0 Å². The number of ketones is 1. The number of aliphatic hydroxyl groups excluding tert-OH is 1. The highest BCUT2D eigenvalue weighted by atomic mass is 16.3. The third-order valence-corrected chi connectivity index (χ3v) is 5.60. The Hall–Kier alpha value is -3.12. The standard InChI is InChI=1S/C24H28N2O4/c1-4-25(5-2)13-14-26-21(18-7-6-8-19(27)15-18)20(23(29)24(26)30)22(28)17-11-9-16(3)10-12-17/h6-12,15,21,27-28H,4-5,13-14H2,1-3H3/b22-20-. The monoisotopic (exact) mass is 408 g/mol. The Morgan fingerprint density at radius 3 is 2.33 bits per heavy atom. The molecule has 3 rings (SSSR count). The number of phenols is 1. The van der Waals surface area contributed by atoms with E-state index in [2.05, 4.69) is 4.90 Å². The number of carbonyl (C=O) groups excluding carboxylic acids is 2. The topological polar surface area (TPSA) is 81.1 Å². The second-order valence-corrected chi connectivity index (χ2v) is 7.48. The Morgan fingerprint density at radius 1 is 1.07 bits per heavy atom. The fourth-order valence-electron chi connectivity index (χ4n) is 3.81. The van der Waals surface area contributed by atoms with Crippen LogP contribution in [0.15, 0.2) is 54.1 Å². The van der Waals surface area contributed by atoms with Crippen molar-refractivity contribution >= 4 is 17.4 Å². The predicted molar refractivity (Wildman–Crippen MR) is 116 cm³/mol. The molecular weight excluding hydrogens is 380 g/mol. The largest absolute Gasteiger partial charge is 0.508 e. The SMILES string of the molecule is CCN(CC)CCN1C(=O)C(=O)/C(=C(\O)c2ccc(C)cc2)C1c1cccc(O)c1. The van der Waals surface area contributed by atoms with E-state index in [0.29, 0.717) is 24.2 Å². The highest BCUT2D eigenvalue weighted by Gasteiger charge is 2.46. The molecule has 0 radical (unpaired) electrons. The fraction of sp³-hybridized carbons (Fsp3) is 0.333. The summed E-state index contributed by atoms with van der Waals surface area (Å²) in [6.45, 7) is 8.64. The molecule has 1 unspecified atom stereocenters. The summed E-state index contributed by atoms with van der Waals surface area (Å²) in [7, 11) is 0. The number of benzene rings is 2. The number of phenolic OH excluding ortho intramolecular Hbond substituents is 1. The summed E-state index contributed by atoms with van der Waals surface area (Å²) in [5.74, 6) is -1.51. The van der Waals surface area contributed by atoms with Crippen LogP contribution in [-0.2, 0) is 9.59 Å². The summed E-state index contributed by atoms with van der Waals surface area (Å²) >= 11 is 0. The van der Waals surface area contributed by atoms with E-state index in [1.54, 1.807) is 24.3 Å². The van der Waals surface area contributed by atoms with E-state index < -0.39 is 17.7 Å². The van der Waals surface area contributed by atoms with Crippen LogP contribution in [0, 0.1) is 6.92 Å². The Labute approximate surface area is 177 Å². The van der Waals surface area contributed by atoms with Crippen LogP contribution in [0.4, 0.5) is 0 Å². The normalized spacial score (nSPS) is 18.4. The molecule has 1 aliphatic heterocycles. The molecule has 0 bridgehead atoms. The van der Waals surface area contributed by atoms with Gasteiger partial charge >= 0.3 is 0 Å². The molecule has 6 heteroatoms. The molecule has 1 aliphatic rings. The van der Waals surface area contributed by atoms with Crippen molar-refractivity contribution in [1.82, 2.24) is 9.80 Å². The first-order valence-electron chi connectivity index (χ1n) is 10.2. The molecule has 0 aromatic heterocycles. The molecule has 1 heterocycles. The van der Waals surface area contributed by atoms with Crippen LogP contribution in [0.25, 0.3) is 5.76 Å². The van der Waals surface area contributed by atoms with Gasteiger partial charge in [0.25, 0.3) is 11.7 Å². The summed E-state index contributed by atoms with van der Waals surface area (Å²) in [4.78, 5) is 29.5. The molecule has 0 saturated carbocycles. The van der Waals surface area contributed by atoms with Gasteiger partial charge in [-0.25, -0.2) is 0 Å². The first-order chi connectivity index (χ1) is 14.4. The minimum Gasteiger partial charge on any atom is -0.508 e. The maximum atomic E-state index is 13.0. The quantitative estimate of drug-likeness (QED) is 0.417. The summed E-state index contributed by atoms with van der Waals surface area (Å²) in [5.41, 5.74) is 2.14. The first-order valence-corrected chi connectivity index (χ1v) is 10.2. The predicted octanol–water partition coefficient (Wildman–Crippen LogP) is 3.46. The minimum absolute atomic E-state index is 0.0390. The van der Waals surface area contributed by atoms with Crippen LogP contribution in [0.1, 0.15) is 36.6 Å². The maximum Gasteiger partial charge on any atom is 0.295 e. The Balaban J connectivity index is 2.09. The van der Waals surface area contributed by atoms with Crippen molar-refractivity contribution in [3.05, 3.63) is 70.8 Å². The van der Waals surface area contributed by atoms with E-state index in [0.717, 1.165) is 18.7 Å². The van der Waals surface area contributed by atoms with Gasteiger partial charge in [-0.3, -0.25) is 9.59 Å². The Bertz CT molecular complexity index is 961. The molecule has 1 fully saturated rings. The highest BCUT2D eigenvalue weighted by Crippen LogP contribution is 2.40. The lowest BCUT2D eigenvalue weighted by molar-refractivity contribution is -0.140. The number of rotatable bonds is 7. The third-order valence-electron chi connectivity index (χ3n) is 5.60. The average molecular weight is 408 g/mol. The number of hydrogen-bond donors (Lipinski definition) is 2. The smallest absolute Gasteiger partial charge is 0.295 e. The number of likely N-dealkylation sites (tertiary alicyclic amines) is 1. The lowest BCUT2D eigenvalue weighted by Crippen LogP contribution is -2.38. The minimum atomic E-state index is -0.756. The molecule has 158 valence electrons. The Morgan fingerprint density at radius 2 is 1.73 bits per heavy atom. The van der Waals surface area contributed by atoms with Crippen LogP contribution in [-0.4, -0.2) is 57.9 Å². The van der Waals surface area contributed by atoms with Crippen molar-refractivity contribution in [1.29, 1.82) is 0 Å². The Kier molecular flexibility index (Phi) is 6.57. The van der Waals surface area contributed by atoms with Gasteiger partial charge in [0.1, 0.15) is 11.5 Å². The van der Waals surface area contributed by atoms with Crippen molar-refractivity contribution in [2.45, 2.75) is 26.8 Å². The molecule has 1 saturated heterocycles. The fourth-order valence-corrected chi connectivity index (χ4v) is 3.81. The third kappa shape index (κ3) is 4.24. The van der Waals surface area contributed by atoms with Gasteiger partial charge < -0.3 is 20.0 Å². The molecule has 2 N–H and O–H groups in total. The molecule has 1 atom stereocenters. The van der Waals surface area contributed by atoms with Crippen LogP contribution < -0.4 is 0 Å². The lowest BCUT2D eigenvalue weighted by Gasteiger charge is -2.28. The number of aryl methyl sites for hydroxylation is 1. The van der Waals surface area contributed by atoms with E-state index in [4.69, 9.17) is 0 Å². The summed E-state index contributed by atoms with van der Waals surface area (Å²) in [6.07, 6.45) is 0. The molecule has 1 amide bonds. The average Bonchev–Trinajstić information content (AvgIpc) is 2.99. The molecule has 0 spiro atoms. The number of Topliss-reactive ketones (excluding diaryl/α,β-unsaturated/α-hetero) is 1. The van der Waals surface area contributed by atoms with Gasteiger partial charge in [0.15, 0.2) is 0 Å². The zero-order chi connectivity index (χ0) is 21.8. The van der Waals surface area contributed by atoms with Crippen molar-refractivity contribution in [3.63, 3.8) is 0 Å².